The van der Waals surface area contributed by atoms with Crippen molar-refractivity contribution >= 4 is 32.7 Å². The molecule has 8 heteroatoms. The molecule has 0 aromatic carbocycles. The van der Waals surface area contributed by atoms with Crippen LogP contribution in [0, 0.1) is 0 Å². The quantitative estimate of drug-likeness (QED) is 0.809. The van der Waals surface area contributed by atoms with Gasteiger partial charge in [-0.1, -0.05) is 6.92 Å². The Morgan fingerprint density at radius 2 is 2.10 bits per heavy atom. The Morgan fingerprint density at radius 3 is 2.71 bits per heavy atom. The molecule has 0 atom stereocenters. The van der Waals surface area contributed by atoms with Gasteiger partial charge in [0.25, 0.3) is 10.0 Å². The zero-order valence-corrected chi connectivity index (χ0v) is 14.7. The average Bonchev–Trinajstić information content (AvgIpc) is 3.06. The molecular formula is C13H19N3O2S3. The molecule has 0 aliphatic carbocycles. The van der Waals surface area contributed by atoms with Crippen molar-refractivity contribution in [2.75, 3.05) is 6.54 Å². The highest BCUT2D eigenvalue weighted by molar-refractivity contribution is 7.91. The molecule has 2 aromatic heterocycles. The number of nitrogens with one attached hydrogen (secondary N) is 2. The maximum absolute atomic E-state index is 12.5. The summed E-state index contributed by atoms with van der Waals surface area (Å²) in [5, 5.41) is 7.64. The zero-order valence-electron chi connectivity index (χ0n) is 12.2. The molecule has 2 N–H and O–H groups in total. The highest BCUT2D eigenvalue weighted by atomic mass is 32.2. The van der Waals surface area contributed by atoms with Crippen molar-refractivity contribution in [2.24, 2.45) is 0 Å². The maximum Gasteiger partial charge on any atom is 0.250 e. The summed E-state index contributed by atoms with van der Waals surface area (Å²) in [6.45, 7) is 7.18. The molecule has 0 saturated heterocycles. The Hall–Kier alpha value is -0.800. The van der Waals surface area contributed by atoms with Gasteiger partial charge in [-0.05, 0) is 37.4 Å². The van der Waals surface area contributed by atoms with E-state index in [9.17, 15) is 8.42 Å². The first-order valence-corrected chi connectivity index (χ1v) is 9.81. The number of thiophene rings is 1. The minimum Gasteiger partial charge on any atom is -0.313 e. The molecule has 5 nitrogen and oxygen atoms in total. The molecule has 0 saturated carbocycles. The molecule has 0 unspecified atom stereocenters. The van der Waals surface area contributed by atoms with Crippen molar-refractivity contribution in [1.82, 2.24) is 15.0 Å². The number of sulfonamides is 1. The van der Waals surface area contributed by atoms with E-state index >= 15 is 0 Å². The van der Waals surface area contributed by atoms with Crippen molar-refractivity contribution in [3.63, 3.8) is 0 Å². The molecule has 0 amide bonds. The van der Waals surface area contributed by atoms with Crippen molar-refractivity contribution in [3.05, 3.63) is 33.6 Å². The lowest BCUT2D eigenvalue weighted by Crippen LogP contribution is -2.40. The van der Waals surface area contributed by atoms with Crippen LogP contribution in [0.4, 0.5) is 0 Å². The summed E-state index contributed by atoms with van der Waals surface area (Å²) in [4.78, 5) is 4.20. The van der Waals surface area contributed by atoms with Crippen molar-refractivity contribution in [1.29, 1.82) is 0 Å². The van der Waals surface area contributed by atoms with Gasteiger partial charge in [-0.25, -0.2) is 13.4 Å². The van der Waals surface area contributed by atoms with Gasteiger partial charge in [0.15, 0.2) is 0 Å². The first-order chi connectivity index (χ1) is 9.85. The minimum atomic E-state index is -3.54. The Bertz CT molecular complexity index is 675. The van der Waals surface area contributed by atoms with Gasteiger partial charge < -0.3 is 5.32 Å². The van der Waals surface area contributed by atoms with Crippen LogP contribution in [0.25, 0.3) is 0 Å². The molecule has 2 heterocycles. The van der Waals surface area contributed by atoms with Crippen LogP contribution in [-0.2, 0) is 22.1 Å². The van der Waals surface area contributed by atoms with E-state index in [0.717, 1.165) is 17.1 Å². The molecule has 0 aliphatic heterocycles. The molecule has 0 bridgehead atoms. The van der Waals surface area contributed by atoms with E-state index in [1.54, 1.807) is 12.3 Å². The van der Waals surface area contributed by atoms with Crippen LogP contribution >= 0.6 is 22.7 Å². The molecular weight excluding hydrogens is 326 g/mol. The molecule has 0 aliphatic rings. The van der Waals surface area contributed by atoms with Gasteiger partial charge in [-0.2, -0.15) is 4.72 Å². The fourth-order valence-electron chi connectivity index (χ4n) is 1.82. The van der Waals surface area contributed by atoms with Gasteiger partial charge in [0.2, 0.25) is 0 Å². The van der Waals surface area contributed by atoms with Gasteiger partial charge in [0.05, 0.1) is 5.54 Å². The Morgan fingerprint density at radius 1 is 1.33 bits per heavy atom. The highest BCUT2D eigenvalue weighted by Crippen LogP contribution is 2.27. The first kappa shape index (κ1) is 16.6. The van der Waals surface area contributed by atoms with Crippen LogP contribution in [0.1, 0.15) is 31.3 Å². The summed E-state index contributed by atoms with van der Waals surface area (Å²) in [6.07, 6.45) is 1.68. The van der Waals surface area contributed by atoms with Crippen LogP contribution < -0.4 is 10.0 Å². The van der Waals surface area contributed by atoms with E-state index in [0.29, 0.717) is 10.8 Å². The lowest BCUT2D eigenvalue weighted by atomic mass is 10.1. The average molecular weight is 346 g/mol. The van der Waals surface area contributed by atoms with Crippen LogP contribution in [0.15, 0.2) is 27.2 Å². The second-order valence-corrected chi connectivity index (χ2v) is 8.84. The normalized spacial score (nSPS) is 12.7. The highest BCUT2D eigenvalue weighted by Gasteiger charge is 2.30. The molecule has 116 valence electrons. The van der Waals surface area contributed by atoms with E-state index in [-0.39, 0.29) is 0 Å². The second kappa shape index (κ2) is 6.53. The predicted molar refractivity (Wildman–Crippen MR) is 87.2 cm³/mol. The fraction of sp³-hybridized carbons (Fsp3) is 0.462. The number of thiazole rings is 1. The topological polar surface area (TPSA) is 71.1 Å². The van der Waals surface area contributed by atoms with E-state index in [1.807, 2.05) is 31.5 Å². The number of hydrogen-bond acceptors (Lipinski definition) is 6. The summed E-state index contributed by atoms with van der Waals surface area (Å²) < 4.78 is 28.0. The SMILES string of the molecule is CCNCc1csc(S(=O)(=O)NC(C)(C)c2nccs2)c1. The Balaban J connectivity index is 2.16. The van der Waals surface area contributed by atoms with E-state index in [1.165, 1.54) is 22.7 Å². The third kappa shape index (κ3) is 4.10. The lowest BCUT2D eigenvalue weighted by Gasteiger charge is -2.22. The molecule has 0 spiro atoms. The third-order valence-electron chi connectivity index (χ3n) is 2.83. The van der Waals surface area contributed by atoms with Gasteiger partial charge in [0.1, 0.15) is 9.22 Å². The van der Waals surface area contributed by atoms with Gasteiger partial charge in [-0.3, -0.25) is 0 Å². The zero-order chi connectivity index (χ0) is 15.5. The van der Waals surface area contributed by atoms with E-state index in [2.05, 4.69) is 15.0 Å². The monoisotopic (exact) mass is 345 g/mol. The third-order valence-corrected chi connectivity index (χ3v) is 7.07. The predicted octanol–water partition coefficient (Wildman–Crippen LogP) is 2.53. The van der Waals surface area contributed by atoms with Crippen LogP contribution in [0.3, 0.4) is 0 Å². The number of hydrogen-bond donors (Lipinski definition) is 2. The number of rotatable bonds is 7. The lowest BCUT2D eigenvalue weighted by molar-refractivity contribution is 0.470. The maximum atomic E-state index is 12.5. The smallest absolute Gasteiger partial charge is 0.250 e. The standard InChI is InChI=1S/C13H19N3O2S3/c1-4-14-8-10-7-11(20-9-10)21(17,18)16-13(2,3)12-15-5-6-19-12/h5-7,9,14,16H,4,8H2,1-3H3. The Kier molecular flexibility index (Phi) is 5.15. The van der Waals surface area contributed by atoms with Crippen LogP contribution in [0.2, 0.25) is 0 Å². The van der Waals surface area contributed by atoms with Crippen molar-refractivity contribution < 1.29 is 8.42 Å². The summed E-state index contributed by atoms with van der Waals surface area (Å²) in [6, 6.07) is 1.72. The summed E-state index contributed by atoms with van der Waals surface area (Å²) in [5.74, 6) is 0. The summed E-state index contributed by atoms with van der Waals surface area (Å²) in [7, 11) is -3.54. The minimum absolute atomic E-state index is 0.333. The molecule has 0 radical (unpaired) electrons. The van der Waals surface area contributed by atoms with Crippen LogP contribution in [-0.4, -0.2) is 19.9 Å². The van der Waals surface area contributed by atoms with Gasteiger partial charge >= 0.3 is 0 Å². The van der Waals surface area contributed by atoms with E-state index < -0.39 is 15.6 Å². The van der Waals surface area contributed by atoms with Crippen molar-refractivity contribution in [3.8, 4) is 0 Å². The second-order valence-electron chi connectivity index (χ2n) is 5.12. The molecule has 0 fully saturated rings. The summed E-state index contributed by atoms with van der Waals surface area (Å²) in [5.41, 5.74) is 0.257. The van der Waals surface area contributed by atoms with Crippen LogP contribution in [0.5, 0.6) is 0 Å². The number of aromatic nitrogens is 1. The van der Waals surface area contributed by atoms with Gasteiger partial charge in [0, 0.05) is 18.1 Å². The van der Waals surface area contributed by atoms with Gasteiger partial charge in [-0.15, -0.1) is 22.7 Å². The molecule has 2 aromatic rings. The first-order valence-electron chi connectivity index (χ1n) is 6.57. The molecule has 2 rings (SSSR count). The fourth-order valence-corrected chi connectivity index (χ4v) is 5.19. The van der Waals surface area contributed by atoms with Crippen molar-refractivity contribution in [2.45, 2.75) is 37.1 Å². The largest absolute Gasteiger partial charge is 0.313 e. The molecule has 21 heavy (non-hydrogen) atoms. The summed E-state index contributed by atoms with van der Waals surface area (Å²) >= 11 is 2.67. The number of nitrogens with zero attached hydrogens (tertiary/aromatic N) is 1. The van der Waals surface area contributed by atoms with E-state index in [4.69, 9.17) is 0 Å². The Labute approximate surface area is 133 Å².